The highest BCUT2D eigenvalue weighted by molar-refractivity contribution is 6.30. The number of rotatable bonds is 4. The van der Waals surface area contributed by atoms with Crippen LogP contribution in [-0.2, 0) is 6.54 Å². The summed E-state index contributed by atoms with van der Waals surface area (Å²) < 4.78 is 0. The molecule has 0 fully saturated rings. The lowest BCUT2D eigenvalue weighted by Gasteiger charge is -2.08. The number of aromatic carboxylic acids is 1. The van der Waals surface area contributed by atoms with Crippen LogP contribution in [-0.4, -0.2) is 16.1 Å². The maximum atomic E-state index is 11.0. The Hall–Kier alpha value is -2.07. The van der Waals surface area contributed by atoms with Crippen LogP contribution in [0.25, 0.3) is 0 Å². The minimum absolute atomic E-state index is 0.0680. The van der Waals surface area contributed by atoms with Gasteiger partial charge in [0.15, 0.2) is 0 Å². The molecule has 0 radical (unpaired) electrons. The smallest absolute Gasteiger partial charge is 0.339 e. The van der Waals surface area contributed by atoms with Crippen LogP contribution >= 0.6 is 11.6 Å². The van der Waals surface area contributed by atoms with E-state index < -0.39 is 5.97 Å². The van der Waals surface area contributed by atoms with E-state index in [2.05, 4.69) is 10.3 Å². The summed E-state index contributed by atoms with van der Waals surface area (Å²) in [7, 11) is 0. The second kappa shape index (κ2) is 5.51. The number of nitrogens with zero attached hydrogens (tertiary/aromatic N) is 1. The molecule has 1 aromatic heterocycles. The molecule has 2 N–H and O–H groups in total. The summed E-state index contributed by atoms with van der Waals surface area (Å²) in [5.41, 5.74) is 1.11. The fourth-order valence-corrected chi connectivity index (χ4v) is 1.68. The molecule has 4 nitrogen and oxygen atoms in total. The number of halogens is 1. The van der Waals surface area contributed by atoms with E-state index in [1.165, 1.54) is 12.3 Å². The van der Waals surface area contributed by atoms with E-state index in [1.54, 1.807) is 0 Å². The number of hydrogen-bond donors (Lipinski definition) is 2. The molecule has 5 heteroatoms. The quantitative estimate of drug-likeness (QED) is 0.889. The van der Waals surface area contributed by atoms with Gasteiger partial charge in [-0.1, -0.05) is 41.9 Å². The molecule has 0 spiro atoms. The van der Waals surface area contributed by atoms with Crippen LogP contribution in [0, 0.1) is 0 Å². The van der Waals surface area contributed by atoms with Crippen LogP contribution < -0.4 is 5.32 Å². The van der Waals surface area contributed by atoms with Crippen molar-refractivity contribution < 1.29 is 9.90 Å². The van der Waals surface area contributed by atoms with Crippen molar-refractivity contribution >= 4 is 23.4 Å². The van der Waals surface area contributed by atoms with Gasteiger partial charge in [0.05, 0.1) is 5.02 Å². The number of carbonyl (C=O) groups is 1. The van der Waals surface area contributed by atoms with Gasteiger partial charge in [-0.25, -0.2) is 9.78 Å². The number of carboxylic acids is 1. The van der Waals surface area contributed by atoms with E-state index in [0.717, 1.165) is 5.56 Å². The van der Waals surface area contributed by atoms with E-state index in [0.29, 0.717) is 17.4 Å². The van der Waals surface area contributed by atoms with Gasteiger partial charge in [-0.2, -0.15) is 0 Å². The molecule has 0 unspecified atom stereocenters. The first-order chi connectivity index (χ1) is 8.66. The van der Waals surface area contributed by atoms with E-state index >= 15 is 0 Å². The van der Waals surface area contributed by atoms with Gasteiger partial charge < -0.3 is 10.4 Å². The second-order valence-electron chi connectivity index (χ2n) is 3.69. The minimum Gasteiger partial charge on any atom is -0.478 e. The SMILES string of the molecule is O=C(O)c1cc(Cl)cnc1NCc1ccccc1. The summed E-state index contributed by atoms with van der Waals surface area (Å²) in [4.78, 5) is 15.0. The van der Waals surface area contributed by atoms with Crippen molar-refractivity contribution in [1.29, 1.82) is 0 Å². The normalized spacial score (nSPS) is 10.1. The Morgan fingerprint density at radius 1 is 1.33 bits per heavy atom. The molecule has 2 aromatic rings. The number of nitrogens with one attached hydrogen (secondary N) is 1. The Balaban J connectivity index is 2.17. The summed E-state index contributed by atoms with van der Waals surface area (Å²) in [6.07, 6.45) is 1.42. The van der Waals surface area contributed by atoms with Crippen LogP contribution in [0.1, 0.15) is 15.9 Å². The largest absolute Gasteiger partial charge is 0.478 e. The van der Waals surface area contributed by atoms with E-state index in [-0.39, 0.29) is 5.56 Å². The number of hydrogen-bond acceptors (Lipinski definition) is 3. The topological polar surface area (TPSA) is 62.2 Å². The Kier molecular flexibility index (Phi) is 3.79. The monoisotopic (exact) mass is 262 g/mol. The van der Waals surface area contributed by atoms with Gasteiger partial charge in [-0.15, -0.1) is 0 Å². The molecule has 0 amide bonds. The summed E-state index contributed by atoms with van der Waals surface area (Å²) in [5, 5.41) is 12.3. The lowest BCUT2D eigenvalue weighted by molar-refractivity contribution is 0.0697. The van der Waals surface area contributed by atoms with Gasteiger partial charge in [0, 0.05) is 12.7 Å². The van der Waals surface area contributed by atoms with Crippen molar-refractivity contribution in [2.24, 2.45) is 0 Å². The van der Waals surface area contributed by atoms with E-state index in [4.69, 9.17) is 16.7 Å². The Labute approximate surface area is 109 Å². The van der Waals surface area contributed by atoms with Crippen molar-refractivity contribution in [3.8, 4) is 0 Å². The van der Waals surface area contributed by atoms with Crippen molar-refractivity contribution in [3.05, 3.63) is 58.7 Å². The minimum atomic E-state index is -1.06. The molecule has 2 rings (SSSR count). The number of benzene rings is 1. The average molecular weight is 263 g/mol. The summed E-state index contributed by atoms with van der Waals surface area (Å²) in [5.74, 6) is -0.740. The first-order valence-corrected chi connectivity index (χ1v) is 5.71. The highest BCUT2D eigenvalue weighted by atomic mass is 35.5. The molecular weight excluding hydrogens is 252 g/mol. The number of pyridine rings is 1. The van der Waals surface area contributed by atoms with Crippen molar-refractivity contribution in [3.63, 3.8) is 0 Å². The fraction of sp³-hybridized carbons (Fsp3) is 0.0769. The molecule has 1 heterocycles. The van der Waals surface area contributed by atoms with Gasteiger partial charge >= 0.3 is 5.97 Å². The van der Waals surface area contributed by atoms with Crippen LogP contribution in [0.15, 0.2) is 42.6 Å². The number of carboxylic acid groups (broad SMARTS) is 1. The molecule has 18 heavy (non-hydrogen) atoms. The Morgan fingerprint density at radius 3 is 2.72 bits per heavy atom. The predicted octanol–water partition coefficient (Wildman–Crippen LogP) is 3.05. The lowest BCUT2D eigenvalue weighted by Crippen LogP contribution is -2.08. The van der Waals surface area contributed by atoms with Crippen LogP contribution in [0.5, 0.6) is 0 Å². The van der Waals surface area contributed by atoms with Gasteiger partial charge in [-0.05, 0) is 11.6 Å². The molecule has 0 aliphatic rings. The summed E-state index contributed by atoms with van der Waals surface area (Å²) in [6, 6.07) is 11.0. The first kappa shape index (κ1) is 12.4. The zero-order chi connectivity index (χ0) is 13.0. The summed E-state index contributed by atoms with van der Waals surface area (Å²) >= 11 is 5.72. The average Bonchev–Trinajstić information content (AvgIpc) is 2.38. The molecule has 0 bridgehead atoms. The van der Waals surface area contributed by atoms with E-state index in [9.17, 15) is 4.79 Å². The number of anilines is 1. The number of aromatic nitrogens is 1. The molecule has 0 saturated carbocycles. The maximum Gasteiger partial charge on any atom is 0.339 e. The molecule has 0 aliphatic carbocycles. The van der Waals surface area contributed by atoms with Gasteiger partial charge in [-0.3, -0.25) is 0 Å². The van der Waals surface area contributed by atoms with Crippen molar-refractivity contribution in [1.82, 2.24) is 4.98 Å². The van der Waals surface area contributed by atoms with Gasteiger partial charge in [0.1, 0.15) is 11.4 Å². The van der Waals surface area contributed by atoms with Crippen LogP contribution in [0.4, 0.5) is 5.82 Å². The third kappa shape index (κ3) is 2.99. The molecule has 0 saturated heterocycles. The van der Waals surface area contributed by atoms with Crippen LogP contribution in [0.2, 0.25) is 5.02 Å². The first-order valence-electron chi connectivity index (χ1n) is 5.33. The van der Waals surface area contributed by atoms with Gasteiger partial charge in [0.2, 0.25) is 0 Å². The fourth-order valence-electron chi connectivity index (χ4n) is 1.52. The molecule has 0 atom stereocenters. The Bertz CT molecular complexity index is 558. The van der Waals surface area contributed by atoms with Crippen molar-refractivity contribution in [2.75, 3.05) is 5.32 Å². The highest BCUT2D eigenvalue weighted by Gasteiger charge is 2.11. The highest BCUT2D eigenvalue weighted by Crippen LogP contribution is 2.18. The van der Waals surface area contributed by atoms with Crippen molar-refractivity contribution in [2.45, 2.75) is 6.54 Å². The van der Waals surface area contributed by atoms with Crippen LogP contribution in [0.3, 0.4) is 0 Å². The Morgan fingerprint density at radius 2 is 2.06 bits per heavy atom. The predicted molar refractivity (Wildman–Crippen MR) is 70.0 cm³/mol. The lowest BCUT2D eigenvalue weighted by atomic mass is 10.2. The molecule has 0 aliphatic heterocycles. The van der Waals surface area contributed by atoms with E-state index in [1.807, 2.05) is 30.3 Å². The molecule has 1 aromatic carbocycles. The zero-order valence-electron chi connectivity index (χ0n) is 9.43. The zero-order valence-corrected chi connectivity index (χ0v) is 10.2. The third-order valence-electron chi connectivity index (χ3n) is 2.39. The second-order valence-corrected chi connectivity index (χ2v) is 4.13. The third-order valence-corrected chi connectivity index (χ3v) is 2.59. The maximum absolute atomic E-state index is 11.0. The molecule has 92 valence electrons. The molecular formula is C13H11ClN2O2. The standard InChI is InChI=1S/C13H11ClN2O2/c14-10-6-11(13(17)18)12(16-8-10)15-7-9-4-2-1-3-5-9/h1-6,8H,7H2,(H,15,16)(H,17,18). The summed E-state index contributed by atoms with van der Waals surface area (Å²) in [6.45, 7) is 0.510. The van der Waals surface area contributed by atoms with Gasteiger partial charge in [0.25, 0.3) is 0 Å².